The summed E-state index contributed by atoms with van der Waals surface area (Å²) in [5, 5.41) is 28.7. The Labute approximate surface area is 332 Å². The summed E-state index contributed by atoms with van der Waals surface area (Å²) in [7, 11) is 6.35. The lowest BCUT2D eigenvalue weighted by atomic mass is 10.2. The Hall–Kier alpha value is -7.12. The quantitative estimate of drug-likeness (QED) is 0.101. The number of carboxylic acid groups (broad SMARTS) is 1. The molecule has 0 saturated carbocycles. The number of carbonyl (C=O) groups excluding carboxylic acids is 1. The molecule has 57 heavy (non-hydrogen) atoms. The molecule has 0 saturated heterocycles. The second-order valence-electron chi connectivity index (χ2n) is 11.8. The zero-order valence-electron chi connectivity index (χ0n) is 30.9. The number of methoxy groups -OCH3 is 4. The Balaban J connectivity index is 0.000000174. The van der Waals surface area contributed by atoms with Crippen LogP contribution in [0.2, 0.25) is 0 Å². The van der Waals surface area contributed by atoms with Crippen LogP contribution in [0.4, 0.5) is 11.9 Å². The predicted octanol–water partition coefficient (Wildman–Crippen LogP) is 6.47. The van der Waals surface area contributed by atoms with E-state index in [4.69, 9.17) is 18.9 Å². The highest BCUT2D eigenvalue weighted by Crippen LogP contribution is 2.30. The number of ether oxygens (including phenoxy) is 4. The lowest BCUT2D eigenvalue weighted by Crippen LogP contribution is -2.11. The summed E-state index contributed by atoms with van der Waals surface area (Å²) in [6.07, 6.45) is 3.50. The summed E-state index contributed by atoms with van der Waals surface area (Å²) < 4.78 is 24.2. The number of benzene rings is 2. The molecule has 19 heteroatoms. The Bertz CT molecular complexity index is 2660. The summed E-state index contributed by atoms with van der Waals surface area (Å²) in [5.74, 6) is 3.34. The van der Waals surface area contributed by atoms with Gasteiger partial charge in [0.2, 0.25) is 11.9 Å². The third-order valence-electron chi connectivity index (χ3n) is 8.39. The predicted molar refractivity (Wildman–Crippen MR) is 214 cm³/mol. The number of carboxylic acids is 1. The van der Waals surface area contributed by atoms with Gasteiger partial charge < -0.3 is 34.7 Å². The first-order valence-corrected chi connectivity index (χ1v) is 18.8. The lowest BCUT2D eigenvalue weighted by molar-refractivity contribution is 0.0697. The molecule has 6 heterocycles. The Morgan fingerprint density at radius 1 is 0.702 bits per heavy atom. The van der Waals surface area contributed by atoms with E-state index in [1.54, 1.807) is 33.0 Å². The van der Waals surface area contributed by atoms with Gasteiger partial charge in [-0.1, -0.05) is 24.3 Å². The third kappa shape index (κ3) is 8.14. The second-order valence-corrected chi connectivity index (χ2v) is 13.7. The Morgan fingerprint density at radius 2 is 1.19 bits per heavy atom. The molecule has 0 unspecified atom stereocenters. The molecule has 8 rings (SSSR count). The lowest BCUT2D eigenvalue weighted by Gasteiger charge is -2.11. The fraction of sp³-hybridized carbons (Fsp3) is 0.158. The van der Waals surface area contributed by atoms with Crippen LogP contribution in [0, 0.1) is 0 Å². The molecule has 0 bridgehead atoms. The topological polar surface area (TPSA) is 202 Å². The first-order chi connectivity index (χ1) is 27.8. The largest absolute Gasteiger partial charge is 0.493 e. The van der Waals surface area contributed by atoms with Crippen LogP contribution < -0.4 is 29.6 Å². The standard InChI is InChI=1S/C19H17N5O4S.C19H17N5O3S/c1-27-13-6-5-11(8-14(13)28-2)9-20-19-21-10-12(18(25)26)17-22-16(23-24(17)19)15-4-3-7-29-15;1-26-14-6-5-12(8-15(14)27-2)9-20-19-21-10-13(11-25)18-22-17(23-24(18)19)16-4-3-7-28-16/h3-8,10H,9H2,1-2H3,(H,20,21)(H,25,26);3-8,10-11H,9H2,1-2H3,(H,20,21). The Kier molecular flexibility index (Phi) is 11.5. The zero-order chi connectivity index (χ0) is 39.9. The minimum atomic E-state index is -1.11. The van der Waals surface area contributed by atoms with E-state index in [2.05, 4.69) is 40.8 Å². The van der Waals surface area contributed by atoms with Gasteiger partial charge in [0.15, 0.2) is 52.2 Å². The molecule has 0 spiro atoms. The fourth-order valence-corrected chi connectivity index (χ4v) is 6.91. The maximum absolute atomic E-state index is 11.6. The van der Waals surface area contributed by atoms with Crippen LogP contribution in [0.5, 0.6) is 23.0 Å². The highest BCUT2D eigenvalue weighted by molar-refractivity contribution is 7.13. The maximum Gasteiger partial charge on any atom is 0.341 e. The van der Waals surface area contributed by atoms with Gasteiger partial charge in [0.05, 0.1) is 43.8 Å². The van der Waals surface area contributed by atoms with Crippen molar-refractivity contribution in [3.8, 4) is 44.4 Å². The molecule has 0 amide bonds. The van der Waals surface area contributed by atoms with Gasteiger partial charge in [-0.2, -0.15) is 9.03 Å². The zero-order valence-corrected chi connectivity index (χ0v) is 32.5. The molecular formula is C38H34N10O7S2. The molecule has 17 nitrogen and oxygen atoms in total. The number of hydrogen-bond acceptors (Lipinski definition) is 16. The van der Waals surface area contributed by atoms with E-state index in [9.17, 15) is 14.7 Å². The number of fused-ring (bicyclic) bond motifs is 2. The van der Waals surface area contributed by atoms with Crippen molar-refractivity contribution in [2.75, 3.05) is 39.1 Å². The van der Waals surface area contributed by atoms with Crippen molar-refractivity contribution < 1.29 is 33.6 Å². The minimum absolute atomic E-state index is 0.0167. The summed E-state index contributed by atoms with van der Waals surface area (Å²) in [6, 6.07) is 18.9. The number of nitrogens with one attached hydrogen (secondary N) is 2. The average Bonchev–Trinajstić information content (AvgIpc) is 4.09. The molecule has 0 aliphatic rings. The second kappa shape index (κ2) is 17.1. The van der Waals surface area contributed by atoms with E-state index in [-0.39, 0.29) is 11.2 Å². The molecule has 0 aliphatic carbocycles. The van der Waals surface area contributed by atoms with Crippen LogP contribution >= 0.6 is 22.7 Å². The SMILES string of the molecule is COc1ccc(CNc2ncc(C(=O)O)c3nc(-c4cccs4)nn23)cc1OC.COc1ccc(CNc2ncc(C=O)c3nc(-c4cccs4)nn23)cc1OC. The minimum Gasteiger partial charge on any atom is -0.493 e. The summed E-state index contributed by atoms with van der Waals surface area (Å²) in [6.45, 7) is 0.903. The molecule has 6 aromatic heterocycles. The average molecular weight is 807 g/mol. The van der Waals surface area contributed by atoms with Crippen LogP contribution in [0.25, 0.3) is 32.7 Å². The monoisotopic (exact) mass is 806 g/mol. The van der Waals surface area contributed by atoms with Crippen LogP contribution in [0.15, 0.2) is 83.8 Å². The number of aromatic nitrogens is 8. The van der Waals surface area contributed by atoms with Crippen molar-refractivity contribution in [1.29, 1.82) is 0 Å². The molecule has 0 aliphatic heterocycles. The summed E-state index contributed by atoms with van der Waals surface area (Å²) >= 11 is 3.01. The van der Waals surface area contributed by atoms with Crippen LogP contribution in [-0.2, 0) is 13.1 Å². The number of nitrogens with zero attached hydrogens (tertiary/aromatic N) is 8. The van der Waals surface area contributed by atoms with E-state index in [0.717, 1.165) is 27.2 Å². The fourth-order valence-electron chi connectivity index (χ4n) is 5.60. The molecule has 2 aromatic carbocycles. The molecule has 0 fully saturated rings. The van der Waals surface area contributed by atoms with E-state index in [0.29, 0.717) is 70.8 Å². The summed E-state index contributed by atoms with van der Waals surface area (Å²) in [4.78, 5) is 42.2. The van der Waals surface area contributed by atoms with Crippen molar-refractivity contribution in [3.63, 3.8) is 0 Å². The number of hydrogen-bond donors (Lipinski definition) is 3. The van der Waals surface area contributed by atoms with Crippen LogP contribution in [-0.4, -0.2) is 85.0 Å². The first kappa shape index (κ1) is 38.2. The molecular weight excluding hydrogens is 773 g/mol. The highest BCUT2D eigenvalue weighted by atomic mass is 32.1. The third-order valence-corrected chi connectivity index (χ3v) is 10.1. The molecule has 0 atom stereocenters. The van der Waals surface area contributed by atoms with Crippen molar-refractivity contribution in [3.05, 3.63) is 106 Å². The number of aromatic carboxylic acids is 1. The molecule has 8 aromatic rings. The number of thiophene rings is 2. The normalized spacial score (nSPS) is 10.8. The van der Waals surface area contributed by atoms with Gasteiger partial charge in [0.25, 0.3) is 0 Å². The van der Waals surface area contributed by atoms with Gasteiger partial charge in [-0.25, -0.2) is 24.7 Å². The highest BCUT2D eigenvalue weighted by Gasteiger charge is 2.19. The van der Waals surface area contributed by atoms with E-state index < -0.39 is 5.97 Å². The summed E-state index contributed by atoms with van der Waals surface area (Å²) in [5.41, 5.74) is 2.96. The van der Waals surface area contributed by atoms with Gasteiger partial charge in [0, 0.05) is 25.5 Å². The van der Waals surface area contributed by atoms with Crippen molar-refractivity contribution in [2.45, 2.75) is 13.1 Å². The van der Waals surface area contributed by atoms with E-state index >= 15 is 0 Å². The van der Waals surface area contributed by atoms with Gasteiger partial charge in [-0.15, -0.1) is 32.9 Å². The van der Waals surface area contributed by atoms with Crippen molar-refractivity contribution in [1.82, 2.24) is 39.2 Å². The number of aldehydes is 1. The molecule has 3 N–H and O–H groups in total. The first-order valence-electron chi connectivity index (χ1n) is 17.0. The van der Waals surface area contributed by atoms with Gasteiger partial charge in [0.1, 0.15) is 5.56 Å². The van der Waals surface area contributed by atoms with Gasteiger partial charge in [-0.05, 0) is 58.3 Å². The van der Waals surface area contributed by atoms with Crippen LogP contribution in [0.3, 0.4) is 0 Å². The van der Waals surface area contributed by atoms with Crippen molar-refractivity contribution >= 4 is 58.1 Å². The number of carbonyl (C=O) groups is 2. The Morgan fingerprint density at radius 3 is 1.65 bits per heavy atom. The van der Waals surface area contributed by atoms with Crippen LogP contribution in [0.1, 0.15) is 31.8 Å². The number of anilines is 2. The maximum atomic E-state index is 11.6. The smallest absolute Gasteiger partial charge is 0.341 e. The number of rotatable bonds is 14. The van der Waals surface area contributed by atoms with Gasteiger partial charge in [-0.3, -0.25) is 4.79 Å². The van der Waals surface area contributed by atoms with E-state index in [1.165, 1.54) is 39.6 Å². The van der Waals surface area contributed by atoms with E-state index in [1.807, 2.05) is 71.4 Å². The molecule has 0 radical (unpaired) electrons. The van der Waals surface area contributed by atoms with Gasteiger partial charge >= 0.3 is 5.97 Å². The molecule has 290 valence electrons. The van der Waals surface area contributed by atoms with Crippen molar-refractivity contribution in [2.24, 2.45) is 0 Å².